The van der Waals surface area contributed by atoms with Crippen molar-refractivity contribution in [3.05, 3.63) is 24.4 Å². The molecule has 0 radical (unpaired) electrons. The summed E-state index contributed by atoms with van der Waals surface area (Å²) in [5.74, 6) is -0.385. The van der Waals surface area contributed by atoms with Crippen LogP contribution in [0.5, 0.6) is 0 Å². The van der Waals surface area contributed by atoms with E-state index in [1.54, 1.807) is 19.2 Å². The van der Waals surface area contributed by atoms with Crippen molar-refractivity contribution in [1.82, 2.24) is 9.80 Å². The fraction of sp³-hybridized carbons (Fsp3) is 0.773. The summed E-state index contributed by atoms with van der Waals surface area (Å²) in [6, 6.07) is 0. The van der Waals surface area contributed by atoms with E-state index in [4.69, 9.17) is 33.9 Å². The molecule has 3 N–H and O–H groups in total. The number of carbonyl (C=O) groups excluding carboxylic acids is 1. The van der Waals surface area contributed by atoms with Crippen molar-refractivity contribution < 1.29 is 43.8 Å². The first kappa shape index (κ1) is 31.4. The second-order valence-corrected chi connectivity index (χ2v) is 6.89. The highest BCUT2D eigenvalue weighted by Crippen LogP contribution is 1.96. The highest BCUT2D eigenvalue weighted by molar-refractivity contribution is 5.81. The van der Waals surface area contributed by atoms with Crippen LogP contribution < -0.4 is 0 Å². The summed E-state index contributed by atoms with van der Waals surface area (Å²) in [7, 11) is 1.90. The van der Waals surface area contributed by atoms with E-state index in [1.807, 2.05) is 16.8 Å². The van der Waals surface area contributed by atoms with E-state index in [1.165, 1.54) is 12.2 Å². The molecule has 11 heteroatoms. The molecule has 0 aromatic heterocycles. The molecular formula is C22H42N2O9. The van der Waals surface area contributed by atoms with Crippen LogP contribution in [-0.2, 0) is 28.5 Å². The fourth-order valence-electron chi connectivity index (χ4n) is 2.38. The maximum atomic E-state index is 11.1. The average Bonchev–Trinajstić information content (AvgIpc) is 2.79. The number of aliphatic hydroxyl groups is 3. The first-order chi connectivity index (χ1) is 16.0. The van der Waals surface area contributed by atoms with Crippen LogP contribution in [0, 0.1) is 0 Å². The fourth-order valence-corrected chi connectivity index (χ4v) is 2.38. The molecule has 0 spiro atoms. The Morgan fingerprint density at radius 1 is 0.848 bits per heavy atom. The van der Waals surface area contributed by atoms with Crippen molar-refractivity contribution in [2.75, 3.05) is 99.3 Å². The number of allylic oxidation sites excluding steroid dienone is 1. The second-order valence-electron chi connectivity index (χ2n) is 6.89. The standard InChI is InChI=1S/C22H42N2O9/c1-3-4-21(27)32-19-17-30-15-13-29-14-16-31-18-20-33-22(28)5-6-24(10-12-26)8-7-23(2)9-11-25/h3-6,22,25-26,28H,7-20H2,1-2H3/b4-3+,6-5+. The van der Waals surface area contributed by atoms with Crippen LogP contribution >= 0.6 is 0 Å². The lowest BCUT2D eigenvalue weighted by Gasteiger charge is -2.23. The number of esters is 1. The Morgan fingerprint density at radius 2 is 1.42 bits per heavy atom. The molecule has 0 saturated heterocycles. The molecule has 0 fully saturated rings. The monoisotopic (exact) mass is 478 g/mol. The van der Waals surface area contributed by atoms with Gasteiger partial charge in [0.15, 0.2) is 6.29 Å². The summed E-state index contributed by atoms with van der Waals surface area (Å²) in [6.07, 6.45) is 5.09. The number of hydrogen-bond acceptors (Lipinski definition) is 11. The molecule has 0 aromatic carbocycles. The van der Waals surface area contributed by atoms with E-state index < -0.39 is 6.29 Å². The molecule has 1 atom stereocenters. The third-order valence-electron chi connectivity index (χ3n) is 4.13. The highest BCUT2D eigenvalue weighted by Gasteiger charge is 2.04. The summed E-state index contributed by atoms with van der Waals surface area (Å²) < 4.78 is 26.1. The van der Waals surface area contributed by atoms with E-state index in [0.29, 0.717) is 59.3 Å². The number of aliphatic hydroxyl groups excluding tert-OH is 3. The maximum absolute atomic E-state index is 11.1. The number of nitrogens with zero attached hydrogens (tertiary/aromatic N) is 2. The van der Waals surface area contributed by atoms with Crippen molar-refractivity contribution in [3.63, 3.8) is 0 Å². The van der Waals surface area contributed by atoms with Gasteiger partial charge in [0.1, 0.15) is 6.61 Å². The molecule has 0 rings (SSSR count). The predicted molar refractivity (Wildman–Crippen MR) is 123 cm³/mol. The molecule has 0 aliphatic carbocycles. The third-order valence-corrected chi connectivity index (χ3v) is 4.13. The molecule has 33 heavy (non-hydrogen) atoms. The van der Waals surface area contributed by atoms with E-state index in [-0.39, 0.29) is 32.4 Å². The van der Waals surface area contributed by atoms with Crippen LogP contribution in [0.4, 0.5) is 0 Å². The van der Waals surface area contributed by atoms with Crippen molar-refractivity contribution >= 4 is 5.97 Å². The van der Waals surface area contributed by atoms with Crippen LogP contribution in [0.25, 0.3) is 0 Å². The summed E-state index contributed by atoms with van der Waals surface area (Å²) >= 11 is 0. The minimum absolute atomic E-state index is 0.000665. The first-order valence-electron chi connectivity index (χ1n) is 11.2. The lowest BCUT2D eigenvalue weighted by atomic mass is 10.4. The van der Waals surface area contributed by atoms with Crippen molar-refractivity contribution in [1.29, 1.82) is 0 Å². The molecule has 11 nitrogen and oxygen atoms in total. The Bertz CT molecular complexity index is 506. The molecule has 0 aliphatic rings. The normalized spacial score (nSPS) is 12.8. The van der Waals surface area contributed by atoms with Gasteiger partial charge >= 0.3 is 5.97 Å². The quantitative estimate of drug-likeness (QED) is 0.0740. The molecule has 0 aromatic rings. The minimum atomic E-state index is -1.07. The number of carbonyl (C=O) groups is 1. The molecule has 1 unspecified atom stereocenters. The van der Waals surface area contributed by atoms with Gasteiger partial charge in [-0.2, -0.15) is 0 Å². The van der Waals surface area contributed by atoms with E-state index in [0.717, 1.165) is 6.54 Å². The first-order valence-corrected chi connectivity index (χ1v) is 11.2. The van der Waals surface area contributed by atoms with Crippen LogP contribution in [-0.4, -0.2) is 137 Å². The van der Waals surface area contributed by atoms with Crippen LogP contribution in [0.1, 0.15) is 6.92 Å². The number of likely N-dealkylation sites (N-methyl/N-ethyl adjacent to an activating group) is 1. The van der Waals surface area contributed by atoms with E-state index in [9.17, 15) is 9.90 Å². The van der Waals surface area contributed by atoms with Gasteiger partial charge in [0.25, 0.3) is 0 Å². The van der Waals surface area contributed by atoms with Gasteiger partial charge in [0.05, 0.1) is 59.5 Å². The van der Waals surface area contributed by atoms with Gasteiger partial charge in [-0.25, -0.2) is 4.79 Å². The largest absolute Gasteiger partial charge is 0.460 e. The zero-order chi connectivity index (χ0) is 24.6. The molecular weight excluding hydrogens is 436 g/mol. The second kappa shape index (κ2) is 23.6. The van der Waals surface area contributed by atoms with Gasteiger partial charge in [-0.05, 0) is 20.0 Å². The zero-order valence-corrected chi connectivity index (χ0v) is 20.0. The van der Waals surface area contributed by atoms with Crippen LogP contribution in [0.15, 0.2) is 24.4 Å². The van der Waals surface area contributed by atoms with Crippen molar-refractivity contribution in [2.45, 2.75) is 13.2 Å². The van der Waals surface area contributed by atoms with Gasteiger partial charge in [-0.3, -0.25) is 0 Å². The van der Waals surface area contributed by atoms with Crippen LogP contribution in [0.3, 0.4) is 0 Å². The van der Waals surface area contributed by atoms with Crippen LogP contribution in [0.2, 0.25) is 0 Å². The lowest BCUT2D eigenvalue weighted by Crippen LogP contribution is -2.33. The minimum Gasteiger partial charge on any atom is -0.460 e. The Labute approximate surface area is 197 Å². The maximum Gasteiger partial charge on any atom is 0.330 e. The summed E-state index contributed by atoms with van der Waals surface area (Å²) in [5.41, 5.74) is 0. The van der Waals surface area contributed by atoms with Gasteiger partial charge in [0.2, 0.25) is 0 Å². The number of ether oxygens (including phenoxy) is 5. The van der Waals surface area contributed by atoms with Crippen molar-refractivity contribution in [2.24, 2.45) is 0 Å². The average molecular weight is 479 g/mol. The van der Waals surface area contributed by atoms with Gasteiger partial charge < -0.3 is 48.8 Å². The van der Waals surface area contributed by atoms with E-state index in [2.05, 4.69) is 0 Å². The van der Waals surface area contributed by atoms with Gasteiger partial charge in [-0.15, -0.1) is 0 Å². The Kier molecular flexibility index (Phi) is 22.5. The Morgan fingerprint density at radius 3 is 2.00 bits per heavy atom. The summed E-state index contributed by atoms with van der Waals surface area (Å²) in [5, 5.41) is 28.0. The van der Waals surface area contributed by atoms with Crippen molar-refractivity contribution in [3.8, 4) is 0 Å². The Balaban J connectivity index is 3.62. The smallest absolute Gasteiger partial charge is 0.330 e. The number of hydrogen-bond donors (Lipinski definition) is 3. The molecule has 194 valence electrons. The SMILES string of the molecule is C/C=C/C(=O)OCCOCCOCCOCCOC(O)/C=C/N(CCO)CCN(C)CCO. The number of rotatable bonds is 23. The zero-order valence-electron chi connectivity index (χ0n) is 20.0. The van der Waals surface area contributed by atoms with E-state index >= 15 is 0 Å². The predicted octanol–water partition coefficient (Wildman–Crippen LogP) is -0.777. The summed E-state index contributed by atoms with van der Waals surface area (Å²) in [6.45, 7) is 6.88. The van der Waals surface area contributed by atoms with Gasteiger partial charge in [-0.1, -0.05) is 6.08 Å². The van der Waals surface area contributed by atoms with Gasteiger partial charge in [0, 0.05) is 38.5 Å². The molecule has 0 saturated carbocycles. The topological polar surface area (TPSA) is 130 Å². The molecule has 0 heterocycles. The Hall–Kier alpha value is -1.57. The molecule has 0 amide bonds. The molecule has 0 aliphatic heterocycles. The third kappa shape index (κ3) is 22.0. The molecule has 0 bridgehead atoms. The lowest BCUT2D eigenvalue weighted by molar-refractivity contribution is -0.139. The summed E-state index contributed by atoms with van der Waals surface area (Å²) in [4.78, 5) is 14.9. The highest BCUT2D eigenvalue weighted by atomic mass is 16.6.